The van der Waals surface area contributed by atoms with E-state index in [1.54, 1.807) is 12.1 Å². The molecule has 0 atom stereocenters. The van der Waals surface area contributed by atoms with Crippen LogP contribution in [0.3, 0.4) is 0 Å². The van der Waals surface area contributed by atoms with Crippen LogP contribution < -0.4 is 14.4 Å². The largest absolute Gasteiger partial charge is 0.492 e. The Bertz CT molecular complexity index is 1310. The van der Waals surface area contributed by atoms with E-state index >= 15 is 0 Å². The minimum absolute atomic E-state index is 0.000801. The summed E-state index contributed by atoms with van der Waals surface area (Å²) in [6.07, 6.45) is 0. The molecular formula is C25H27Cl2N3O4S2. The van der Waals surface area contributed by atoms with Gasteiger partial charge in [0.2, 0.25) is 0 Å². The van der Waals surface area contributed by atoms with Gasteiger partial charge in [-0.2, -0.15) is 0 Å². The van der Waals surface area contributed by atoms with Crippen LogP contribution in [0.25, 0.3) is 0 Å². The van der Waals surface area contributed by atoms with Gasteiger partial charge in [-0.1, -0.05) is 23.2 Å². The second kappa shape index (κ2) is 11.4. The molecule has 0 radical (unpaired) electrons. The van der Waals surface area contributed by atoms with Crippen molar-refractivity contribution >= 4 is 56.2 Å². The Kier molecular flexibility index (Phi) is 8.47. The first-order chi connectivity index (χ1) is 17.1. The van der Waals surface area contributed by atoms with Crippen molar-refractivity contribution in [1.29, 1.82) is 0 Å². The highest BCUT2D eigenvalue weighted by molar-refractivity contribution is 7.92. The Morgan fingerprint density at radius 1 is 1.00 bits per heavy atom. The molecule has 1 fully saturated rings. The van der Waals surface area contributed by atoms with Gasteiger partial charge in [0.05, 0.1) is 4.34 Å². The van der Waals surface area contributed by atoms with Gasteiger partial charge in [-0.05, 0) is 73.5 Å². The highest BCUT2D eigenvalue weighted by Crippen LogP contribution is 2.27. The molecule has 0 aliphatic carbocycles. The van der Waals surface area contributed by atoms with E-state index in [4.69, 9.17) is 27.9 Å². The summed E-state index contributed by atoms with van der Waals surface area (Å²) in [4.78, 5) is 17.1. The number of hydrogen-bond acceptors (Lipinski definition) is 7. The zero-order chi connectivity index (χ0) is 25.9. The number of piperazine rings is 1. The molecule has 4 rings (SSSR count). The average Bonchev–Trinajstić information content (AvgIpc) is 3.30. The lowest BCUT2D eigenvalue weighted by atomic mass is 10.1. The van der Waals surface area contributed by atoms with Crippen molar-refractivity contribution in [2.24, 2.45) is 0 Å². The molecule has 2 heterocycles. The van der Waals surface area contributed by atoms with E-state index in [1.807, 2.05) is 38.1 Å². The summed E-state index contributed by atoms with van der Waals surface area (Å²) in [7, 11) is -3.95. The third-order valence-corrected chi connectivity index (χ3v) is 9.64. The molecule has 11 heteroatoms. The van der Waals surface area contributed by atoms with E-state index < -0.39 is 15.9 Å². The van der Waals surface area contributed by atoms with Gasteiger partial charge in [-0.3, -0.25) is 9.69 Å². The topological polar surface area (TPSA) is 79.0 Å². The lowest BCUT2D eigenvalue weighted by Gasteiger charge is -2.36. The second-order valence-electron chi connectivity index (χ2n) is 8.59. The summed E-state index contributed by atoms with van der Waals surface area (Å²) in [6, 6.07) is 13.7. The van der Waals surface area contributed by atoms with Gasteiger partial charge in [-0.25, -0.2) is 13.1 Å². The number of nitrogens with zero attached hydrogens (tertiary/aromatic N) is 2. The number of carbonyl (C=O) groups is 1. The fourth-order valence-electron chi connectivity index (χ4n) is 4.01. The summed E-state index contributed by atoms with van der Waals surface area (Å²) in [5, 5.41) is 0.779. The van der Waals surface area contributed by atoms with Crippen molar-refractivity contribution in [1.82, 2.24) is 9.62 Å². The maximum Gasteiger partial charge on any atom is 0.273 e. The van der Waals surface area contributed by atoms with Crippen LogP contribution in [0.4, 0.5) is 5.69 Å². The number of carbonyl (C=O) groups excluding carboxylic acids is 1. The van der Waals surface area contributed by atoms with Gasteiger partial charge in [0.1, 0.15) is 16.6 Å². The lowest BCUT2D eigenvalue weighted by Crippen LogP contribution is -2.47. The first-order valence-electron chi connectivity index (χ1n) is 11.4. The zero-order valence-electron chi connectivity index (χ0n) is 20.0. The van der Waals surface area contributed by atoms with E-state index in [2.05, 4.69) is 14.5 Å². The van der Waals surface area contributed by atoms with Gasteiger partial charge in [0.25, 0.3) is 15.9 Å². The van der Waals surface area contributed by atoms with E-state index in [1.165, 1.54) is 12.1 Å². The number of amides is 1. The van der Waals surface area contributed by atoms with Crippen LogP contribution >= 0.6 is 34.5 Å². The fraction of sp³-hybridized carbons (Fsp3) is 0.320. The van der Waals surface area contributed by atoms with E-state index in [9.17, 15) is 13.2 Å². The molecule has 0 unspecified atom stereocenters. The summed E-state index contributed by atoms with van der Waals surface area (Å²) >= 11 is 12.9. The van der Waals surface area contributed by atoms with Gasteiger partial charge >= 0.3 is 0 Å². The smallest absolute Gasteiger partial charge is 0.273 e. The van der Waals surface area contributed by atoms with E-state index in [0.717, 1.165) is 71.6 Å². The average molecular weight is 569 g/mol. The molecule has 36 heavy (non-hydrogen) atoms. The molecule has 3 aromatic rings. The second-order valence-corrected chi connectivity index (χ2v) is 12.6. The summed E-state index contributed by atoms with van der Waals surface area (Å²) in [5.74, 6) is 0.158. The molecule has 0 spiro atoms. The summed E-state index contributed by atoms with van der Waals surface area (Å²) in [5.41, 5.74) is 3.28. The molecule has 1 aromatic heterocycles. The van der Waals surface area contributed by atoms with Crippen molar-refractivity contribution in [3.63, 3.8) is 0 Å². The predicted molar refractivity (Wildman–Crippen MR) is 145 cm³/mol. The number of sulfonamides is 1. The molecule has 1 N–H and O–H groups in total. The van der Waals surface area contributed by atoms with E-state index in [-0.39, 0.29) is 9.77 Å². The van der Waals surface area contributed by atoms with Crippen molar-refractivity contribution in [2.45, 2.75) is 18.1 Å². The van der Waals surface area contributed by atoms with Crippen LogP contribution in [0.1, 0.15) is 21.5 Å². The predicted octanol–water partition coefficient (Wildman–Crippen LogP) is 4.99. The van der Waals surface area contributed by atoms with Crippen LogP contribution in [-0.2, 0) is 10.0 Å². The summed E-state index contributed by atoms with van der Waals surface area (Å²) < 4.78 is 33.1. The van der Waals surface area contributed by atoms with Crippen LogP contribution in [0, 0.1) is 13.8 Å². The number of hydrogen-bond donors (Lipinski definition) is 1. The highest BCUT2D eigenvalue weighted by Gasteiger charge is 2.22. The molecule has 0 bridgehead atoms. The van der Waals surface area contributed by atoms with E-state index in [0.29, 0.717) is 10.9 Å². The molecular weight excluding hydrogens is 541 g/mol. The number of nitrogens with one attached hydrogen (secondary N) is 1. The molecule has 2 aromatic carbocycles. The number of ether oxygens (including phenoxy) is 1. The molecule has 1 aliphatic rings. The van der Waals surface area contributed by atoms with Crippen LogP contribution in [-0.4, -0.2) is 58.6 Å². The van der Waals surface area contributed by atoms with Crippen LogP contribution in [0.5, 0.6) is 5.75 Å². The van der Waals surface area contributed by atoms with Gasteiger partial charge in [-0.15, -0.1) is 11.3 Å². The molecule has 1 aliphatic heterocycles. The normalized spacial score (nSPS) is 14.6. The number of halogens is 2. The van der Waals surface area contributed by atoms with Gasteiger partial charge < -0.3 is 9.64 Å². The number of rotatable bonds is 8. The standard InChI is InChI=1S/C25H27Cl2N3O4S2/c1-17-15-21(16-18(2)24(17)27)34-14-13-29-9-11-30(12-10-29)20-5-3-19(4-6-20)25(31)28-36(32,33)23-8-7-22(26)35-23/h3-8,15-16H,9-14H2,1-2H3,(H,28,31). The third-order valence-electron chi connectivity index (χ3n) is 5.99. The third kappa shape index (κ3) is 6.52. The Balaban J connectivity index is 1.25. The zero-order valence-corrected chi connectivity index (χ0v) is 23.1. The molecule has 1 amide bonds. The molecule has 0 saturated carbocycles. The number of benzene rings is 2. The first-order valence-corrected chi connectivity index (χ1v) is 14.5. The van der Waals surface area contributed by atoms with Gasteiger partial charge in [0, 0.05) is 49.0 Å². The van der Waals surface area contributed by atoms with Crippen LogP contribution in [0.15, 0.2) is 52.7 Å². The molecule has 192 valence electrons. The van der Waals surface area contributed by atoms with Crippen molar-refractivity contribution in [3.05, 3.63) is 74.6 Å². The SMILES string of the molecule is Cc1cc(OCCN2CCN(c3ccc(C(=O)NS(=O)(=O)c4ccc(Cl)s4)cc3)CC2)cc(C)c1Cl. The highest BCUT2D eigenvalue weighted by atomic mass is 35.5. The quantitative estimate of drug-likeness (QED) is 0.413. The monoisotopic (exact) mass is 567 g/mol. The Hall–Kier alpha value is -2.30. The van der Waals surface area contributed by atoms with Crippen LogP contribution in [0.2, 0.25) is 9.36 Å². The van der Waals surface area contributed by atoms with Crippen molar-refractivity contribution < 1.29 is 17.9 Å². The minimum Gasteiger partial charge on any atom is -0.492 e. The number of aryl methyl sites for hydroxylation is 2. The minimum atomic E-state index is -3.95. The van der Waals surface area contributed by atoms with Gasteiger partial charge in [0.15, 0.2) is 0 Å². The number of thiophene rings is 1. The molecule has 7 nitrogen and oxygen atoms in total. The number of anilines is 1. The first kappa shape index (κ1) is 26.8. The Morgan fingerprint density at radius 3 is 2.22 bits per heavy atom. The molecule has 1 saturated heterocycles. The van der Waals surface area contributed by atoms with Crippen molar-refractivity contribution in [3.8, 4) is 5.75 Å². The van der Waals surface area contributed by atoms with Crippen molar-refractivity contribution in [2.75, 3.05) is 44.2 Å². The fourth-order valence-corrected chi connectivity index (χ4v) is 6.57. The lowest BCUT2D eigenvalue weighted by molar-refractivity contribution is 0.0981. The maximum absolute atomic E-state index is 12.5. The maximum atomic E-state index is 12.5. The summed E-state index contributed by atoms with van der Waals surface area (Å²) in [6.45, 7) is 8.87. The Morgan fingerprint density at radius 2 is 1.64 bits per heavy atom. The Labute approximate surface area is 225 Å².